The fourth-order valence-corrected chi connectivity index (χ4v) is 2.83. The van der Waals surface area contributed by atoms with Crippen LogP contribution in [0.1, 0.15) is 25.3 Å². The molecule has 0 aromatic heterocycles. The summed E-state index contributed by atoms with van der Waals surface area (Å²) in [6, 6.07) is 8.17. The van der Waals surface area contributed by atoms with Crippen LogP contribution in [0.25, 0.3) is 0 Å². The Labute approximate surface area is 114 Å². The van der Waals surface area contributed by atoms with Gasteiger partial charge in [-0.3, -0.25) is 4.99 Å². The first kappa shape index (κ1) is 12.3. The standard InChI is InChI=1S/C15H21N3O/c1-15(12-5-3-4-6-13(12)19-2)10-17-14(16)18(15)9-11-7-8-11/h3-6,11H,7-10H2,1-2H3,(H2,16,17). The molecule has 1 aromatic carbocycles. The second-order valence-electron chi connectivity index (χ2n) is 5.70. The Morgan fingerprint density at radius 1 is 1.42 bits per heavy atom. The molecule has 1 aromatic rings. The van der Waals surface area contributed by atoms with E-state index in [1.54, 1.807) is 7.11 Å². The van der Waals surface area contributed by atoms with Gasteiger partial charge in [-0.15, -0.1) is 0 Å². The van der Waals surface area contributed by atoms with E-state index in [9.17, 15) is 0 Å². The highest BCUT2D eigenvalue weighted by molar-refractivity contribution is 5.81. The van der Waals surface area contributed by atoms with Crippen molar-refractivity contribution < 1.29 is 4.74 Å². The molecule has 1 aliphatic heterocycles. The van der Waals surface area contributed by atoms with E-state index in [0.717, 1.165) is 18.2 Å². The summed E-state index contributed by atoms with van der Waals surface area (Å²) in [5, 5.41) is 0. The van der Waals surface area contributed by atoms with Gasteiger partial charge in [-0.1, -0.05) is 18.2 Å². The van der Waals surface area contributed by atoms with Gasteiger partial charge in [0.25, 0.3) is 0 Å². The van der Waals surface area contributed by atoms with Crippen LogP contribution >= 0.6 is 0 Å². The average Bonchev–Trinajstić information content (AvgIpc) is 3.21. The topological polar surface area (TPSA) is 50.9 Å². The maximum Gasteiger partial charge on any atom is 0.192 e. The van der Waals surface area contributed by atoms with Crippen molar-refractivity contribution in [3.05, 3.63) is 29.8 Å². The smallest absolute Gasteiger partial charge is 0.192 e. The number of methoxy groups -OCH3 is 1. The maximum absolute atomic E-state index is 6.09. The Kier molecular flexibility index (Phi) is 2.88. The zero-order chi connectivity index (χ0) is 13.5. The molecule has 1 fully saturated rings. The second-order valence-corrected chi connectivity index (χ2v) is 5.70. The van der Waals surface area contributed by atoms with E-state index in [1.165, 1.54) is 18.4 Å². The summed E-state index contributed by atoms with van der Waals surface area (Å²) < 4.78 is 5.51. The highest BCUT2D eigenvalue weighted by Gasteiger charge is 2.43. The predicted octanol–water partition coefficient (Wildman–Crippen LogP) is 1.95. The monoisotopic (exact) mass is 259 g/mol. The summed E-state index contributed by atoms with van der Waals surface area (Å²) >= 11 is 0. The van der Waals surface area contributed by atoms with Crippen LogP contribution in [0, 0.1) is 5.92 Å². The molecule has 4 nitrogen and oxygen atoms in total. The van der Waals surface area contributed by atoms with Gasteiger partial charge >= 0.3 is 0 Å². The first-order valence-electron chi connectivity index (χ1n) is 6.86. The molecule has 1 saturated carbocycles. The van der Waals surface area contributed by atoms with E-state index in [-0.39, 0.29) is 5.54 Å². The molecule has 1 unspecified atom stereocenters. The number of benzene rings is 1. The number of ether oxygens (including phenoxy) is 1. The molecule has 0 bridgehead atoms. The fraction of sp³-hybridized carbons (Fsp3) is 0.533. The number of hydrogen-bond acceptors (Lipinski definition) is 4. The molecular weight excluding hydrogens is 238 g/mol. The van der Waals surface area contributed by atoms with E-state index in [0.29, 0.717) is 12.5 Å². The summed E-state index contributed by atoms with van der Waals surface area (Å²) in [5.74, 6) is 2.36. The Hall–Kier alpha value is -1.71. The number of para-hydroxylation sites is 1. The van der Waals surface area contributed by atoms with Crippen LogP contribution in [0.3, 0.4) is 0 Å². The highest BCUT2D eigenvalue weighted by Crippen LogP contribution is 2.41. The van der Waals surface area contributed by atoms with Gasteiger partial charge in [0.1, 0.15) is 5.75 Å². The second kappa shape index (κ2) is 4.44. The van der Waals surface area contributed by atoms with Crippen LogP contribution in [0.5, 0.6) is 5.75 Å². The molecule has 19 heavy (non-hydrogen) atoms. The van der Waals surface area contributed by atoms with Crippen LogP contribution in [0.15, 0.2) is 29.3 Å². The van der Waals surface area contributed by atoms with Gasteiger partial charge < -0.3 is 15.4 Å². The van der Waals surface area contributed by atoms with Crippen LogP contribution in [-0.2, 0) is 5.54 Å². The minimum absolute atomic E-state index is 0.181. The van der Waals surface area contributed by atoms with Gasteiger partial charge in [0.05, 0.1) is 19.2 Å². The summed E-state index contributed by atoms with van der Waals surface area (Å²) in [6.45, 7) is 3.91. The van der Waals surface area contributed by atoms with Crippen molar-refractivity contribution in [3.63, 3.8) is 0 Å². The molecule has 0 saturated heterocycles. The summed E-state index contributed by atoms with van der Waals surface area (Å²) in [5.41, 5.74) is 7.08. The van der Waals surface area contributed by atoms with Gasteiger partial charge in [0, 0.05) is 12.1 Å². The van der Waals surface area contributed by atoms with Crippen molar-refractivity contribution in [1.82, 2.24) is 4.90 Å². The van der Waals surface area contributed by atoms with E-state index in [1.807, 2.05) is 18.2 Å². The van der Waals surface area contributed by atoms with Crippen molar-refractivity contribution in [1.29, 1.82) is 0 Å². The highest BCUT2D eigenvalue weighted by atomic mass is 16.5. The lowest BCUT2D eigenvalue weighted by Crippen LogP contribution is -2.48. The Bertz CT molecular complexity index is 510. The minimum atomic E-state index is -0.181. The quantitative estimate of drug-likeness (QED) is 0.899. The number of nitrogens with zero attached hydrogens (tertiary/aromatic N) is 2. The van der Waals surface area contributed by atoms with E-state index >= 15 is 0 Å². The van der Waals surface area contributed by atoms with E-state index in [4.69, 9.17) is 10.5 Å². The van der Waals surface area contributed by atoms with Crippen LogP contribution < -0.4 is 10.5 Å². The maximum atomic E-state index is 6.09. The van der Waals surface area contributed by atoms with Gasteiger partial charge in [0.15, 0.2) is 5.96 Å². The molecule has 0 radical (unpaired) electrons. The van der Waals surface area contributed by atoms with Crippen LogP contribution in [0.4, 0.5) is 0 Å². The lowest BCUT2D eigenvalue weighted by Gasteiger charge is -2.37. The molecule has 102 valence electrons. The number of rotatable bonds is 4. The lowest BCUT2D eigenvalue weighted by molar-refractivity contribution is 0.210. The van der Waals surface area contributed by atoms with Crippen LogP contribution in [0.2, 0.25) is 0 Å². The van der Waals surface area contributed by atoms with Gasteiger partial charge in [-0.05, 0) is 31.7 Å². The van der Waals surface area contributed by atoms with Crippen molar-refractivity contribution in [3.8, 4) is 5.75 Å². The molecule has 1 heterocycles. The zero-order valence-electron chi connectivity index (χ0n) is 11.6. The summed E-state index contributed by atoms with van der Waals surface area (Å²) in [4.78, 5) is 6.72. The zero-order valence-corrected chi connectivity index (χ0v) is 11.6. The normalized spacial score (nSPS) is 26.4. The average molecular weight is 259 g/mol. The van der Waals surface area contributed by atoms with Gasteiger partial charge in [0.2, 0.25) is 0 Å². The largest absolute Gasteiger partial charge is 0.496 e. The Morgan fingerprint density at radius 2 is 2.16 bits per heavy atom. The first-order valence-corrected chi connectivity index (χ1v) is 6.86. The van der Waals surface area contributed by atoms with E-state index < -0.39 is 0 Å². The molecule has 2 aliphatic rings. The third-order valence-corrected chi connectivity index (χ3v) is 4.25. The molecule has 0 spiro atoms. The molecule has 2 N–H and O–H groups in total. The number of nitrogens with two attached hydrogens (primary N) is 1. The van der Waals surface area contributed by atoms with Crippen molar-refractivity contribution in [2.75, 3.05) is 20.2 Å². The molecule has 0 amide bonds. The predicted molar refractivity (Wildman–Crippen MR) is 76.3 cm³/mol. The minimum Gasteiger partial charge on any atom is -0.496 e. The summed E-state index contributed by atoms with van der Waals surface area (Å²) in [6.07, 6.45) is 2.62. The Balaban J connectivity index is 1.96. The lowest BCUT2D eigenvalue weighted by atomic mass is 9.90. The fourth-order valence-electron chi connectivity index (χ4n) is 2.83. The first-order chi connectivity index (χ1) is 9.15. The summed E-state index contributed by atoms with van der Waals surface area (Å²) in [7, 11) is 1.71. The SMILES string of the molecule is COc1ccccc1C1(C)CN=C(N)N1CC1CC1. The number of guanidine groups is 1. The number of hydrogen-bond donors (Lipinski definition) is 1. The molecule has 4 heteroatoms. The number of aliphatic imine (C=N–C) groups is 1. The third-order valence-electron chi connectivity index (χ3n) is 4.25. The van der Waals surface area contributed by atoms with Crippen molar-refractivity contribution in [2.24, 2.45) is 16.6 Å². The van der Waals surface area contributed by atoms with Gasteiger partial charge in [-0.25, -0.2) is 0 Å². The molecular formula is C15H21N3O. The van der Waals surface area contributed by atoms with Crippen LogP contribution in [-0.4, -0.2) is 31.1 Å². The van der Waals surface area contributed by atoms with E-state index in [2.05, 4.69) is 22.9 Å². The molecule has 1 atom stereocenters. The molecule has 3 rings (SSSR count). The third kappa shape index (κ3) is 2.05. The molecule has 1 aliphatic carbocycles. The van der Waals surface area contributed by atoms with Gasteiger partial charge in [-0.2, -0.15) is 0 Å². The Morgan fingerprint density at radius 3 is 2.84 bits per heavy atom. The van der Waals surface area contributed by atoms with Crippen molar-refractivity contribution >= 4 is 5.96 Å². The van der Waals surface area contributed by atoms with Crippen molar-refractivity contribution in [2.45, 2.75) is 25.3 Å².